The third-order valence-corrected chi connectivity index (χ3v) is 15.8. The van der Waals surface area contributed by atoms with Crippen LogP contribution < -0.4 is 20.7 Å². The molecule has 0 saturated heterocycles. The molecule has 0 saturated carbocycles. The van der Waals surface area contributed by atoms with Crippen LogP contribution in [0.25, 0.3) is 60.1 Å². The van der Waals surface area contributed by atoms with Gasteiger partial charge >= 0.3 is 0 Å². The van der Waals surface area contributed by atoms with E-state index in [2.05, 4.69) is 179 Å². The lowest BCUT2D eigenvalue weighted by molar-refractivity contribution is 1.07. The van der Waals surface area contributed by atoms with Crippen molar-refractivity contribution in [3.8, 4) is 11.6 Å². The Kier molecular flexibility index (Phi) is 7.58. The Hall–Kier alpha value is -7.07. The van der Waals surface area contributed by atoms with E-state index in [0.717, 1.165) is 55.6 Å². The number of hydrogen-bond donors (Lipinski definition) is 0. The fourth-order valence-corrected chi connectivity index (χ4v) is 13.3. The lowest BCUT2D eigenvalue weighted by atomic mass is 10.1. The predicted molar refractivity (Wildman–Crippen MR) is 230 cm³/mol. The smallest absolute Gasteiger partial charge is 0.188 e. The Morgan fingerprint density at radius 1 is 0.436 bits per heavy atom. The molecule has 6 heteroatoms. The van der Waals surface area contributed by atoms with Crippen molar-refractivity contribution in [2.75, 3.05) is 0 Å². The van der Waals surface area contributed by atoms with Crippen molar-refractivity contribution in [3.05, 3.63) is 199 Å². The average molecular weight is 722 g/mol. The number of hydrogen-bond acceptors (Lipinski definition) is 2. The predicted octanol–water partition coefficient (Wildman–Crippen LogP) is 9.22. The number of rotatable bonds is 6. The largest absolute Gasteiger partial charge is 0.294 e. The van der Waals surface area contributed by atoms with Gasteiger partial charge in [0.25, 0.3) is 0 Å². The van der Waals surface area contributed by atoms with E-state index in [4.69, 9.17) is 16.5 Å². The van der Waals surface area contributed by atoms with Crippen molar-refractivity contribution in [1.82, 2.24) is 19.1 Å². The number of pyridine rings is 2. The summed E-state index contributed by atoms with van der Waals surface area (Å²) in [6, 6.07) is 59.4. The Morgan fingerprint density at radius 3 is 1.45 bits per heavy atom. The molecule has 4 heterocycles. The molecular weight excluding hydrogens is 687 g/mol. The molecule has 260 valence electrons. The molecule has 5 nitrogen and oxygen atoms in total. The van der Waals surface area contributed by atoms with Crippen molar-refractivity contribution in [2.45, 2.75) is 13.8 Å². The first-order chi connectivity index (χ1) is 27.0. The third kappa shape index (κ3) is 5.05. The summed E-state index contributed by atoms with van der Waals surface area (Å²) < 4.78 is 4.59. The molecule has 0 aliphatic carbocycles. The molecule has 0 bridgehead atoms. The van der Waals surface area contributed by atoms with E-state index in [9.17, 15) is 0 Å². The topological polar surface area (TPSA) is 40.0 Å². The van der Waals surface area contributed by atoms with Crippen molar-refractivity contribution < 1.29 is 0 Å². The molecule has 0 fully saturated rings. The van der Waals surface area contributed by atoms with Crippen LogP contribution in [0.1, 0.15) is 11.1 Å². The van der Waals surface area contributed by atoms with Gasteiger partial charge in [0.15, 0.2) is 13.8 Å². The molecule has 0 unspecified atom stereocenters. The molecule has 0 amide bonds. The second-order valence-corrected chi connectivity index (χ2v) is 18.1. The summed E-state index contributed by atoms with van der Waals surface area (Å²) in [5, 5.41) is 9.66. The van der Waals surface area contributed by atoms with E-state index in [1.165, 1.54) is 31.5 Å². The molecule has 0 aliphatic rings. The van der Waals surface area contributed by atoms with Gasteiger partial charge in [0.05, 0.1) is 28.6 Å². The number of aryl methyl sites for hydroxylation is 2. The molecule has 10 rings (SSSR count). The molecule has 0 aliphatic heterocycles. The van der Waals surface area contributed by atoms with Gasteiger partial charge in [0.2, 0.25) is 0 Å². The van der Waals surface area contributed by atoms with Gasteiger partial charge in [-0.2, -0.15) is 0 Å². The average Bonchev–Trinajstić information content (AvgIpc) is 3.74. The molecule has 0 radical (unpaired) electrons. The van der Waals surface area contributed by atoms with Crippen molar-refractivity contribution in [1.29, 1.82) is 0 Å². The van der Waals surface area contributed by atoms with Gasteiger partial charge in [0, 0.05) is 28.6 Å². The van der Waals surface area contributed by atoms with Crippen LogP contribution in [0.4, 0.5) is 5.69 Å². The van der Waals surface area contributed by atoms with E-state index in [1.807, 2.05) is 24.5 Å². The van der Waals surface area contributed by atoms with Crippen molar-refractivity contribution in [3.63, 3.8) is 0 Å². The third-order valence-electron chi connectivity index (χ3n) is 11.1. The Balaban J connectivity index is 1.34. The fraction of sp³-hybridized carbons (Fsp3) is 0.0408. The van der Waals surface area contributed by atoms with E-state index >= 15 is 0 Å². The van der Waals surface area contributed by atoms with Gasteiger partial charge in [-0.25, -0.2) is 14.8 Å². The molecule has 10 aromatic rings. The second kappa shape index (κ2) is 12.8. The van der Waals surface area contributed by atoms with Gasteiger partial charge in [-0.15, -0.1) is 0 Å². The minimum absolute atomic E-state index is 0.622. The zero-order valence-electron chi connectivity index (χ0n) is 30.5. The second-order valence-electron chi connectivity index (χ2n) is 14.3. The van der Waals surface area contributed by atoms with Crippen LogP contribution in [0, 0.1) is 20.4 Å². The van der Waals surface area contributed by atoms with Crippen molar-refractivity contribution in [2.24, 2.45) is 0 Å². The summed E-state index contributed by atoms with van der Waals surface area (Å²) in [6.07, 6.45) is 3.87. The first-order valence-electron chi connectivity index (χ1n) is 18.5. The first kappa shape index (κ1) is 32.6. The molecule has 0 atom stereocenters. The van der Waals surface area contributed by atoms with Gasteiger partial charge in [-0.05, 0) is 93.6 Å². The van der Waals surface area contributed by atoms with E-state index in [-0.39, 0.29) is 0 Å². The Morgan fingerprint density at radius 2 is 0.927 bits per heavy atom. The summed E-state index contributed by atoms with van der Waals surface area (Å²) in [7, 11) is -3.03. The maximum absolute atomic E-state index is 7.80. The maximum atomic E-state index is 7.80. The summed E-state index contributed by atoms with van der Waals surface area (Å²) in [6.45, 7) is 11.9. The van der Waals surface area contributed by atoms with Gasteiger partial charge in [0.1, 0.15) is 11.6 Å². The molecule has 55 heavy (non-hydrogen) atoms. The van der Waals surface area contributed by atoms with Crippen LogP contribution >= 0.6 is 0 Å². The first-order valence-corrected chi connectivity index (χ1v) is 20.5. The van der Waals surface area contributed by atoms with E-state index in [1.54, 1.807) is 0 Å². The fourth-order valence-electron chi connectivity index (χ4n) is 8.57. The van der Waals surface area contributed by atoms with E-state index in [0.29, 0.717) is 5.69 Å². The quantitative estimate of drug-likeness (QED) is 0.0977. The SMILES string of the molecule is [C-]#[N+]c1ccc2c(c1)c1ccc([Si](c3ccccc3)(c3ccccc3)c3ccc4c5ccccc5n(-c5ccc(C)cn5)c4c3)cc1n2-c1ccc(C)cn1. The summed E-state index contributed by atoms with van der Waals surface area (Å²) in [4.78, 5) is 13.7. The Bertz CT molecular complexity index is 3060. The monoisotopic (exact) mass is 721 g/mol. The summed E-state index contributed by atoms with van der Waals surface area (Å²) in [5.41, 5.74) is 7.21. The van der Waals surface area contributed by atoms with Gasteiger partial charge in [-0.3, -0.25) is 9.13 Å². The van der Waals surface area contributed by atoms with Gasteiger partial charge in [-0.1, -0.05) is 121 Å². The van der Waals surface area contributed by atoms with Crippen LogP contribution in [-0.4, -0.2) is 27.2 Å². The molecule has 0 spiro atoms. The van der Waals surface area contributed by atoms with Crippen LogP contribution in [0.5, 0.6) is 0 Å². The number of para-hydroxylation sites is 1. The standard InChI is InChI=1S/C49H35N5Si/c1-33-18-26-48(51-31-33)53-44-17-11-10-16-40(44)41-23-21-38(29-46(41)53)55(36-12-6-4-7-13-36,37-14-8-5-9-15-37)39-22-24-42-43-28-35(50-3)20-25-45(43)54(47(42)30-39)49-27-19-34(2)32-52-49/h4-32H,1-2H3. The van der Waals surface area contributed by atoms with Crippen molar-refractivity contribution >= 4 is 78.1 Å². The number of fused-ring (bicyclic) bond motifs is 6. The minimum Gasteiger partial charge on any atom is -0.294 e. The highest BCUT2D eigenvalue weighted by Crippen LogP contribution is 2.35. The van der Waals surface area contributed by atoms with Crippen LogP contribution in [0.3, 0.4) is 0 Å². The Labute approximate surface area is 320 Å². The number of nitrogens with zero attached hydrogens (tertiary/aromatic N) is 5. The van der Waals surface area contributed by atoms with Gasteiger partial charge < -0.3 is 0 Å². The highest BCUT2D eigenvalue weighted by molar-refractivity contribution is 7.20. The van der Waals surface area contributed by atoms with Crippen LogP contribution in [0.15, 0.2) is 176 Å². The number of aromatic nitrogens is 4. The highest BCUT2D eigenvalue weighted by Gasteiger charge is 2.42. The summed E-state index contributed by atoms with van der Waals surface area (Å²) >= 11 is 0. The highest BCUT2D eigenvalue weighted by atomic mass is 28.3. The van der Waals surface area contributed by atoms with Crippen LogP contribution in [-0.2, 0) is 0 Å². The number of benzene rings is 6. The zero-order chi connectivity index (χ0) is 37.1. The summed E-state index contributed by atoms with van der Waals surface area (Å²) in [5.74, 6) is 1.75. The molecule has 4 aromatic heterocycles. The maximum Gasteiger partial charge on any atom is 0.188 e. The lowest BCUT2D eigenvalue weighted by Gasteiger charge is -2.34. The van der Waals surface area contributed by atoms with E-state index < -0.39 is 8.07 Å². The van der Waals surface area contributed by atoms with Crippen LogP contribution in [0.2, 0.25) is 0 Å². The lowest BCUT2D eigenvalue weighted by Crippen LogP contribution is -2.74. The molecule has 0 N–H and O–H groups in total. The zero-order valence-corrected chi connectivity index (χ0v) is 31.5. The normalized spacial score (nSPS) is 11.8. The minimum atomic E-state index is -3.03. The molecular formula is C49H35N5Si. The molecule has 6 aromatic carbocycles.